The third kappa shape index (κ3) is 38.6. The van der Waals surface area contributed by atoms with Crippen LogP contribution in [0.2, 0.25) is 0 Å². The SMILES string of the molecule is CCCCCCCCC(CCCCCC)COC(=O)CCCCCN(CCCCCC(N)OCC(CCCCCC)CCCCCCCC)CCN(C)CC. The van der Waals surface area contributed by atoms with Crippen LogP contribution in [0.1, 0.15) is 240 Å². The molecule has 0 spiro atoms. The Morgan fingerprint density at radius 3 is 1.36 bits per heavy atom. The molecule has 0 amide bonds. The van der Waals surface area contributed by atoms with E-state index >= 15 is 0 Å². The van der Waals surface area contributed by atoms with Gasteiger partial charge in [0.15, 0.2) is 0 Å². The molecule has 0 saturated carbocycles. The molecule has 0 aliphatic heterocycles. The van der Waals surface area contributed by atoms with Crippen molar-refractivity contribution in [3.05, 3.63) is 0 Å². The summed E-state index contributed by atoms with van der Waals surface area (Å²) in [4.78, 5) is 17.8. The molecule has 0 bridgehead atoms. The molecule has 0 fully saturated rings. The maximum Gasteiger partial charge on any atom is 0.305 e. The van der Waals surface area contributed by atoms with Gasteiger partial charge in [0.25, 0.3) is 0 Å². The molecule has 0 heterocycles. The quantitative estimate of drug-likeness (QED) is 0.0377. The minimum atomic E-state index is -0.124. The van der Waals surface area contributed by atoms with Crippen molar-refractivity contribution in [3.63, 3.8) is 0 Å². The molecule has 0 rings (SSSR count). The van der Waals surface area contributed by atoms with Crippen molar-refractivity contribution in [1.29, 1.82) is 0 Å². The molecule has 2 N–H and O–H groups in total. The maximum atomic E-state index is 12.7. The van der Waals surface area contributed by atoms with Crippen LogP contribution in [0.4, 0.5) is 0 Å². The zero-order valence-corrected chi connectivity index (χ0v) is 38.5. The third-order valence-corrected chi connectivity index (χ3v) is 12.0. The van der Waals surface area contributed by atoms with E-state index in [1.165, 1.54) is 167 Å². The lowest BCUT2D eigenvalue weighted by atomic mass is 9.95. The van der Waals surface area contributed by atoms with E-state index in [1.807, 2.05) is 0 Å². The standard InChI is InChI=1S/C49H101N3O3/c1-7-12-16-20-22-28-36-46(34-26-18-14-9-3)44-54-48(50)38-30-24-32-40-52(43-42-51(6)11-5)41-33-25-31-39-49(53)55-45-47(35-27-19-15-10-4)37-29-23-21-17-13-8-2/h46-48H,7-45,50H2,1-6H3. The summed E-state index contributed by atoms with van der Waals surface area (Å²) >= 11 is 0. The van der Waals surface area contributed by atoms with Crippen molar-refractivity contribution in [3.8, 4) is 0 Å². The molecule has 0 aliphatic rings. The second-order valence-corrected chi connectivity index (χ2v) is 17.5. The van der Waals surface area contributed by atoms with E-state index in [0.29, 0.717) is 24.9 Å². The predicted molar refractivity (Wildman–Crippen MR) is 242 cm³/mol. The van der Waals surface area contributed by atoms with Gasteiger partial charge >= 0.3 is 5.97 Å². The van der Waals surface area contributed by atoms with Gasteiger partial charge in [-0.1, -0.05) is 176 Å². The Labute approximate surface area is 346 Å². The maximum absolute atomic E-state index is 12.7. The minimum absolute atomic E-state index is 0.0189. The molecule has 6 heteroatoms. The van der Waals surface area contributed by atoms with Crippen LogP contribution in [0.15, 0.2) is 0 Å². The van der Waals surface area contributed by atoms with Gasteiger partial charge < -0.3 is 25.0 Å². The summed E-state index contributed by atoms with van der Waals surface area (Å²) in [5.74, 6) is 1.24. The molecule has 55 heavy (non-hydrogen) atoms. The van der Waals surface area contributed by atoms with E-state index in [2.05, 4.69) is 51.5 Å². The van der Waals surface area contributed by atoms with Crippen molar-refractivity contribution in [2.75, 3.05) is 53.0 Å². The van der Waals surface area contributed by atoms with Crippen molar-refractivity contribution in [1.82, 2.24) is 9.80 Å². The molecule has 6 nitrogen and oxygen atoms in total. The number of rotatable bonds is 45. The van der Waals surface area contributed by atoms with E-state index in [0.717, 1.165) is 71.4 Å². The van der Waals surface area contributed by atoms with Gasteiger partial charge in [-0.2, -0.15) is 0 Å². The van der Waals surface area contributed by atoms with Crippen molar-refractivity contribution < 1.29 is 14.3 Å². The number of likely N-dealkylation sites (N-methyl/N-ethyl adjacent to an activating group) is 1. The summed E-state index contributed by atoms with van der Waals surface area (Å²) in [6.45, 7) is 18.4. The fourth-order valence-electron chi connectivity index (χ4n) is 7.84. The van der Waals surface area contributed by atoms with Gasteiger partial charge in [0.2, 0.25) is 0 Å². The summed E-state index contributed by atoms with van der Waals surface area (Å²) in [6.07, 6.45) is 39.9. The van der Waals surface area contributed by atoms with Gasteiger partial charge in [0, 0.05) is 19.5 Å². The number of unbranched alkanes of at least 4 members (excludes halogenated alkanes) is 20. The van der Waals surface area contributed by atoms with Gasteiger partial charge in [-0.05, 0) is 96.3 Å². The second-order valence-electron chi connectivity index (χ2n) is 17.5. The van der Waals surface area contributed by atoms with Crippen molar-refractivity contribution in [2.45, 2.75) is 246 Å². The van der Waals surface area contributed by atoms with Gasteiger partial charge in [-0.3, -0.25) is 4.79 Å². The molecule has 0 aromatic rings. The van der Waals surface area contributed by atoms with Crippen LogP contribution in [-0.2, 0) is 14.3 Å². The van der Waals surface area contributed by atoms with Gasteiger partial charge in [0.05, 0.1) is 13.2 Å². The summed E-state index contributed by atoms with van der Waals surface area (Å²) in [7, 11) is 2.22. The lowest BCUT2D eigenvalue weighted by Crippen LogP contribution is -2.34. The van der Waals surface area contributed by atoms with E-state index in [1.54, 1.807) is 0 Å². The van der Waals surface area contributed by atoms with Gasteiger partial charge in [-0.15, -0.1) is 0 Å². The largest absolute Gasteiger partial charge is 0.465 e. The molecular formula is C49H101N3O3. The number of ether oxygens (including phenoxy) is 2. The average Bonchev–Trinajstić information content (AvgIpc) is 3.19. The summed E-state index contributed by atoms with van der Waals surface area (Å²) in [5.41, 5.74) is 6.49. The van der Waals surface area contributed by atoms with E-state index in [9.17, 15) is 4.79 Å². The monoisotopic (exact) mass is 780 g/mol. The Hall–Kier alpha value is -0.690. The lowest BCUT2D eigenvalue weighted by Gasteiger charge is -2.25. The molecule has 0 aliphatic carbocycles. The summed E-state index contributed by atoms with van der Waals surface area (Å²) in [6, 6.07) is 0. The van der Waals surface area contributed by atoms with Crippen LogP contribution in [-0.4, -0.2) is 75.0 Å². The normalized spacial score (nSPS) is 13.5. The van der Waals surface area contributed by atoms with Crippen LogP contribution in [0, 0.1) is 11.8 Å². The lowest BCUT2D eigenvalue weighted by molar-refractivity contribution is -0.145. The molecule has 3 unspecified atom stereocenters. The van der Waals surface area contributed by atoms with Crippen LogP contribution >= 0.6 is 0 Å². The first-order chi connectivity index (χ1) is 26.9. The molecule has 0 radical (unpaired) electrons. The molecule has 0 aromatic heterocycles. The third-order valence-electron chi connectivity index (χ3n) is 12.0. The van der Waals surface area contributed by atoms with Gasteiger partial charge in [0.1, 0.15) is 6.23 Å². The molecule has 3 atom stereocenters. The van der Waals surface area contributed by atoms with Crippen LogP contribution in [0.3, 0.4) is 0 Å². The molecular weight excluding hydrogens is 679 g/mol. The Bertz CT molecular complexity index is 768. The minimum Gasteiger partial charge on any atom is -0.465 e. The Morgan fingerprint density at radius 1 is 0.473 bits per heavy atom. The zero-order valence-electron chi connectivity index (χ0n) is 38.5. The van der Waals surface area contributed by atoms with Gasteiger partial charge in [-0.25, -0.2) is 0 Å². The smallest absolute Gasteiger partial charge is 0.305 e. The van der Waals surface area contributed by atoms with Crippen LogP contribution < -0.4 is 5.73 Å². The first kappa shape index (κ1) is 54.3. The molecule has 0 aromatic carbocycles. The van der Waals surface area contributed by atoms with E-state index < -0.39 is 0 Å². The number of hydrogen-bond donors (Lipinski definition) is 1. The number of esters is 1. The van der Waals surface area contributed by atoms with Crippen molar-refractivity contribution >= 4 is 5.97 Å². The summed E-state index contributed by atoms with van der Waals surface area (Å²) < 4.78 is 12.1. The van der Waals surface area contributed by atoms with Crippen molar-refractivity contribution in [2.24, 2.45) is 17.6 Å². The Kier molecular flexibility index (Phi) is 42.4. The predicted octanol–water partition coefficient (Wildman–Crippen LogP) is 13.9. The van der Waals surface area contributed by atoms with E-state index in [-0.39, 0.29) is 12.2 Å². The Balaban J connectivity index is 4.47. The number of nitrogens with zero attached hydrogens (tertiary/aromatic N) is 2. The highest BCUT2D eigenvalue weighted by atomic mass is 16.5. The second kappa shape index (κ2) is 42.9. The molecule has 0 saturated heterocycles. The topological polar surface area (TPSA) is 68.0 Å². The fourth-order valence-corrected chi connectivity index (χ4v) is 7.84. The zero-order chi connectivity index (χ0) is 40.5. The number of carbonyl (C=O) groups is 1. The highest BCUT2D eigenvalue weighted by Gasteiger charge is 2.14. The van der Waals surface area contributed by atoms with Crippen LogP contribution in [0.25, 0.3) is 0 Å². The summed E-state index contributed by atoms with van der Waals surface area (Å²) in [5, 5.41) is 0. The highest BCUT2D eigenvalue weighted by molar-refractivity contribution is 5.69. The Morgan fingerprint density at radius 2 is 0.873 bits per heavy atom. The molecule has 330 valence electrons. The average molecular weight is 780 g/mol. The number of hydrogen-bond acceptors (Lipinski definition) is 6. The fraction of sp³-hybridized carbons (Fsp3) is 0.980. The highest BCUT2D eigenvalue weighted by Crippen LogP contribution is 2.22. The number of nitrogens with two attached hydrogens (primary N) is 1. The van der Waals surface area contributed by atoms with Crippen LogP contribution in [0.5, 0.6) is 0 Å². The first-order valence-electron chi connectivity index (χ1n) is 24.8. The first-order valence-corrected chi connectivity index (χ1v) is 24.8. The van der Waals surface area contributed by atoms with E-state index in [4.69, 9.17) is 15.2 Å². The number of carbonyl (C=O) groups excluding carboxylic acids is 1.